The Balaban J connectivity index is 2.52. The van der Waals surface area contributed by atoms with Crippen LogP contribution in [0.5, 0.6) is 5.75 Å². The molecule has 7 nitrogen and oxygen atoms in total. The van der Waals surface area contributed by atoms with Crippen LogP contribution in [0.15, 0.2) is 36.0 Å². The van der Waals surface area contributed by atoms with E-state index in [0.29, 0.717) is 0 Å². The molecule has 0 aromatic heterocycles. The van der Waals surface area contributed by atoms with Crippen molar-refractivity contribution in [3.63, 3.8) is 0 Å². The molecule has 0 aliphatic rings. The molecule has 1 aromatic carbocycles. The molecule has 0 saturated heterocycles. The molecule has 0 spiro atoms. The first kappa shape index (κ1) is 17.0. The number of esters is 1. The van der Waals surface area contributed by atoms with Crippen molar-refractivity contribution < 1.29 is 19.1 Å². The smallest absolute Gasteiger partial charge is 0.325 e. The molecule has 0 bridgehead atoms. The third kappa shape index (κ3) is 5.54. The number of hydrogen-bond donors (Lipinski definition) is 2. The van der Waals surface area contributed by atoms with Crippen molar-refractivity contribution in [3.8, 4) is 11.8 Å². The van der Waals surface area contributed by atoms with Gasteiger partial charge in [-0.15, -0.1) is 0 Å². The number of nitrogens with zero attached hydrogens (tertiary/aromatic N) is 1. The summed E-state index contributed by atoms with van der Waals surface area (Å²) >= 11 is 0. The fourth-order valence-corrected chi connectivity index (χ4v) is 1.48. The summed E-state index contributed by atoms with van der Waals surface area (Å²) in [7, 11) is 2.82. The minimum atomic E-state index is -0.532. The maximum absolute atomic E-state index is 11.8. The number of carbonyl (C=O) groups excluding carboxylic acids is 2. The molecule has 0 aliphatic heterocycles. The monoisotopic (exact) mass is 303 g/mol. The summed E-state index contributed by atoms with van der Waals surface area (Å²) in [6.45, 7) is 0.159. The van der Waals surface area contributed by atoms with Crippen LogP contribution in [0, 0.1) is 11.3 Å². The van der Waals surface area contributed by atoms with Crippen LogP contribution < -0.4 is 15.4 Å². The van der Waals surface area contributed by atoms with E-state index in [-0.39, 0.29) is 18.7 Å². The lowest BCUT2D eigenvalue weighted by Crippen LogP contribution is -2.26. The fourth-order valence-electron chi connectivity index (χ4n) is 1.48. The van der Waals surface area contributed by atoms with Gasteiger partial charge in [-0.1, -0.05) is 12.1 Å². The van der Waals surface area contributed by atoms with Gasteiger partial charge in [-0.25, -0.2) is 0 Å². The van der Waals surface area contributed by atoms with Gasteiger partial charge in [-0.3, -0.25) is 9.59 Å². The van der Waals surface area contributed by atoms with E-state index in [4.69, 9.17) is 10.00 Å². The SMILES string of the molecule is COC(=O)CN/C=C(/C#N)C(=O)NCc1ccc(OC)cc1. The Morgan fingerprint density at radius 2 is 1.95 bits per heavy atom. The Bertz CT molecular complexity index is 588. The second-order valence-corrected chi connectivity index (χ2v) is 4.16. The number of methoxy groups -OCH3 is 2. The van der Waals surface area contributed by atoms with Crippen molar-refractivity contribution in [3.05, 3.63) is 41.6 Å². The molecule has 7 heteroatoms. The van der Waals surface area contributed by atoms with Crippen molar-refractivity contribution in [2.75, 3.05) is 20.8 Å². The number of amides is 1. The fraction of sp³-hybridized carbons (Fsp3) is 0.267. The molecule has 0 aliphatic carbocycles. The second-order valence-electron chi connectivity index (χ2n) is 4.16. The van der Waals surface area contributed by atoms with Gasteiger partial charge in [0.05, 0.1) is 14.2 Å². The van der Waals surface area contributed by atoms with Gasteiger partial charge < -0.3 is 20.1 Å². The zero-order valence-electron chi connectivity index (χ0n) is 12.4. The van der Waals surface area contributed by atoms with Crippen molar-refractivity contribution in [2.24, 2.45) is 0 Å². The van der Waals surface area contributed by atoms with Gasteiger partial charge in [-0.05, 0) is 17.7 Å². The van der Waals surface area contributed by atoms with Crippen LogP contribution in [-0.4, -0.2) is 32.6 Å². The molecule has 2 N–H and O–H groups in total. The summed E-state index contributed by atoms with van der Waals surface area (Å²) in [5, 5.41) is 14.1. The molecule has 1 aromatic rings. The summed E-state index contributed by atoms with van der Waals surface area (Å²) in [6, 6.07) is 8.94. The zero-order chi connectivity index (χ0) is 16.4. The van der Waals surface area contributed by atoms with E-state index in [1.165, 1.54) is 13.3 Å². The lowest BCUT2D eigenvalue weighted by atomic mass is 10.2. The number of hydrogen-bond acceptors (Lipinski definition) is 6. The molecule has 0 heterocycles. The van der Waals surface area contributed by atoms with Crippen molar-refractivity contribution in [1.82, 2.24) is 10.6 Å². The molecule has 0 unspecified atom stereocenters. The summed E-state index contributed by atoms with van der Waals surface area (Å²) in [5.41, 5.74) is 0.742. The van der Waals surface area contributed by atoms with Gasteiger partial charge in [0.15, 0.2) is 0 Å². The van der Waals surface area contributed by atoms with Gasteiger partial charge in [-0.2, -0.15) is 5.26 Å². The highest BCUT2D eigenvalue weighted by Crippen LogP contribution is 2.11. The molecule has 1 rings (SSSR count). The quantitative estimate of drug-likeness (QED) is 0.432. The maximum atomic E-state index is 11.8. The van der Waals surface area contributed by atoms with E-state index in [9.17, 15) is 9.59 Å². The third-order valence-electron chi connectivity index (χ3n) is 2.70. The molecular weight excluding hydrogens is 286 g/mol. The zero-order valence-corrected chi connectivity index (χ0v) is 12.4. The predicted octanol–water partition coefficient (Wildman–Crippen LogP) is 0.481. The van der Waals surface area contributed by atoms with Gasteiger partial charge in [0.25, 0.3) is 5.91 Å². The Morgan fingerprint density at radius 3 is 2.50 bits per heavy atom. The van der Waals surface area contributed by atoms with Crippen molar-refractivity contribution in [2.45, 2.75) is 6.54 Å². The number of benzene rings is 1. The molecule has 0 saturated carbocycles. The first-order chi connectivity index (χ1) is 10.6. The van der Waals surface area contributed by atoms with Crippen molar-refractivity contribution >= 4 is 11.9 Å². The minimum Gasteiger partial charge on any atom is -0.497 e. The van der Waals surface area contributed by atoms with Crippen LogP contribution in [0.25, 0.3) is 0 Å². The number of nitrogens with one attached hydrogen (secondary N) is 2. The van der Waals surface area contributed by atoms with Crippen LogP contribution >= 0.6 is 0 Å². The van der Waals surface area contributed by atoms with Crippen LogP contribution in [0.2, 0.25) is 0 Å². The number of carbonyl (C=O) groups is 2. The predicted molar refractivity (Wildman–Crippen MR) is 78.6 cm³/mol. The molecular formula is C15H17N3O4. The van der Waals surface area contributed by atoms with E-state index in [0.717, 1.165) is 11.3 Å². The molecule has 22 heavy (non-hydrogen) atoms. The lowest BCUT2D eigenvalue weighted by Gasteiger charge is -2.06. The Labute approximate surface area is 128 Å². The average Bonchev–Trinajstić information content (AvgIpc) is 2.56. The minimum absolute atomic E-state index is 0.118. The van der Waals surface area contributed by atoms with E-state index < -0.39 is 11.9 Å². The molecule has 116 valence electrons. The summed E-state index contributed by atoms with van der Waals surface area (Å²) < 4.78 is 9.46. The summed E-state index contributed by atoms with van der Waals surface area (Å²) in [6.07, 6.45) is 1.18. The van der Waals surface area contributed by atoms with Crippen LogP contribution in [0.3, 0.4) is 0 Å². The van der Waals surface area contributed by atoms with E-state index in [2.05, 4.69) is 15.4 Å². The first-order valence-electron chi connectivity index (χ1n) is 6.42. The van der Waals surface area contributed by atoms with Crippen molar-refractivity contribution in [1.29, 1.82) is 5.26 Å². The summed E-state index contributed by atoms with van der Waals surface area (Å²) in [5.74, 6) is -0.303. The largest absolute Gasteiger partial charge is 0.497 e. The highest BCUT2D eigenvalue weighted by Gasteiger charge is 2.08. The molecule has 1 amide bonds. The van der Waals surface area contributed by atoms with Gasteiger partial charge in [0.2, 0.25) is 0 Å². The highest BCUT2D eigenvalue weighted by molar-refractivity contribution is 5.97. The number of ether oxygens (including phenoxy) is 2. The normalized spacial score (nSPS) is 10.3. The Hall–Kier alpha value is -3.01. The lowest BCUT2D eigenvalue weighted by molar-refractivity contribution is -0.139. The average molecular weight is 303 g/mol. The standard InChI is InChI=1S/C15H17N3O4/c1-21-13-5-3-11(4-6-13)8-18-15(20)12(7-16)9-17-10-14(19)22-2/h3-6,9,17H,8,10H2,1-2H3,(H,18,20)/b12-9-. The molecule has 0 radical (unpaired) electrons. The van der Waals surface area contributed by atoms with Crippen LogP contribution in [0.4, 0.5) is 0 Å². The summed E-state index contributed by atoms with van der Waals surface area (Å²) in [4.78, 5) is 22.7. The number of nitriles is 1. The van der Waals surface area contributed by atoms with Crippen LogP contribution in [-0.2, 0) is 20.9 Å². The van der Waals surface area contributed by atoms with E-state index in [1.807, 2.05) is 12.1 Å². The molecule has 0 fully saturated rings. The van der Waals surface area contributed by atoms with Gasteiger partial charge in [0.1, 0.15) is 23.9 Å². The maximum Gasteiger partial charge on any atom is 0.325 e. The Kier molecular flexibility index (Phi) is 6.99. The van der Waals surface area contributed by atoms with Gasteiger partial charge >= 0.3 is 5.97 Å². The van der Waals surface area contributed by atoms with Gasteiger partial charge in [0, 0.05) is 12.7 Å². The Morgan fingerprint density at radius 1 is 1.27 bits per heavy atom. The van der Waals surface area contributed by atoms with E-state index in [1.54, 1.807) is 25.3 Å². The van der Waals surface area contributed by atoms with E-state index >= 15 is 0 Å². The third-order valence-corrected chi connectivity index (χ3v) is 2.70. The van der Waals surface area contributed by atoms with Crippen LogP contribution in [0.1, 0.15) is 5.56 Å². The number of rotatable bonds is 7. The highest BCUT2D eigenvalue weighted by atomic mass is 16.5. The second kappa shape index (κ2) is 9.02. The molecule has 0 atom stereocenters. The topological polar surface area (TPSA) is 100 Å². The first-order valence-corrected chi connectivity index (χ1v) is 6.42.